The predicted molar refractivity (Wildman–Crippen MR) is 70.0 cm³/mol. The molecule has 0 aliphatic heterocycles. The Morgan fingerprint density at radius 2 is 1.81 bits per heavy atom. The van der Waals surface area contributed by atoms with Gasteiger partial charge in [-0.1, -0.05) is 12.1 Å². The third kappa shape index (κ3) is 4.48. The van der Waals surface area contributed by atoms with Crippen LogP contribution in [0.15, 0.2) is 24.3 Å². The Kier molecular flexibility index (Phi) is 5.00. The minimum atomic E-state index is -4.40. The fraction of sp³-hybridized carbons (Fsp3) is 0.467. The number of rotatable bonds is 4. The summed E-state index contributed by atoms with van der Waals surface area (Å²) in [5.74, 6) is -0.559. The van der Waals surface area contributed by atoms with Crippen LogP contribution < -0.4 is 0 Å². The van der Waals surface area contributed by atoms with Gasteiger partial charge in [-0.3, -0.25) is 4.79 Å². The Hall–Kier alpha value is -2.03. The second-order valence-corrected chi connectivity index (χ2v) is 5.39. The summed E-state index contributed by atoms with van der Waals surface area (Å²) in [5.41, 5.74) is -1.24. The fourth-order valence-corrected chi connectivity index (χ4v) is 1.60. The van der Waals surface area contributed by atoms with Gasteiger partial charge in [0.25, 0.3) is 0 Å². The van der Waals surface area contributed by atoms with E-state index in [0.717, 1.165) is 12.1 Å². The summed E-state index contributed by atoms with van der Waals surface area (Å²) < 4.78 is 42.6. The van der Waals surface area contributed by atoms with Gasteiger partial charge in [0.2, 0.25) is 0 Å². The zero-order valence-electron chi connectivity index (χ0n) is 12.0. The van der Waals surface area contributed by atoms with Gasteiger partial charge < -0.3 is 4.74 Å². The van der Waals surface area contributed by atoms with Gasteiger partial charge in [0.05, 0.1) is 23.5 Å². The Bertz CT molecular complexity index is 542. The van der Waals surface area contributed by atoms with Crippen molar-refractivity contribution in [2.24, 2.45) is 5.41 Å². The van der Waals surface area contributed by atoms with Crippen molar-refractivity contribution in [2.75, 3.05) is 0 Å². The number of hydrogen-bond donors (Lipinski definition) is 0. The van der Waals surface area contributed by atoms with Crippen LogP contribution in [0.4, 0.5) is 13.2 Å². The van der Waals surface area contributed by atoms with Gasteiger partial charge >= 0.3 is 12.1 Å². The molecule has 0 N–H and O–H groups in total. The predicted octanol–water partition coefficient (Wildman–Crippen LogP) is 4.25. The van der Waals surface area contributed by atoms with Crippen molar-refractivity contribution < 1.29 is 22.7 Å². The first-order valence-electron chi connectivity index (χ1n) is 6.33. The SMILES string of the molecule is C[C@@H](OC(=O)C(C)(C)CC#N)c1ccc(C(F)(F)F)cc1. The second kappa shape index (κ2) is 6.17. The first-order chi connectivity index (χ1) is 9.58. The number of esters is 1. The molecule has 0 amide bonds. The molecule has 0 aliphatic rings. The van der Waals surface area contributed by atoms with Crippen LogP contribution in [0.2, 0.25) is 0 Å². The number of carbonyl (C=O) groups is 1. The van der Waals surface area contributed by atoms with Gasteiger partial charge in [-0.25, -0.2) is 0 Å². The topological polar surface area (TPSA) is 50.1 Å². The van der Waals surface area contributed by atoms with Crippen LogP contribution >= 0.6 is 0 Å². The maximum Gasteiger partial charge on any atom is 0.416 e. The summed E-state index contributed by atoms with van der Waals surface area (Å²) in [6, 6.07) is 6.34. The molecular weight excluding hydrogens is 283 g/mol. The van der Waals surface area contributed by atoms with Crippen molar-refractivity contribution in [1.29, 1.82) is 5.26 Å². The lowest BCUT2D eigenvalue weighted by Gasteiger charge is -2.23. The molecule has 3 nitrogen and oxygen atoms in total. The monoisotopic (exact) mass is 299 g/mol. The highest BCUT2D eigenvalue weighted by molar-refractivity contribution is 5.76. The Balaban J connectivity index is 2.79. The molecule has 1 atom stereocenters. The van der Waals surface area contributed by atoms with Gasteiger partial charge in [0.15, 0.2) is 0 Å². The van der Waals surface area contributed by atoms with E-state index in [4.69, 9.17) is 10.00 Å². The molecule has 0 saturated carbocycles. The fourth-order valence-electron chi connectivity index (χ4n) is 1.60. The molecule has 0 unspecified atom stereocenters. The zero-order chi connectivity index (χ0) is 16.3. The summed E-state index contributed by atoms with van der Waals surface area (Å²) in [5, 5.41) is 8.64. The van der Waals surface area contributed by atoms with Crippen molar-refractivity contribution in [1.82, 2.24) is 0 Å². The quantitative estimate of drug-likeness (QED) is 0.781. The van der Waals surface area contributed by atoms with E-state index in [-0.39, 0.29) is 6.42 Å². The van der Waals surface area contributed by atoms with E-state index < -0.39 is 29.2 Å². The smallest absolute Gasteiger partial charge is 0.416 e. The van der Waals surface area contributed by atoms with Crippen LogP contribution in [0.3, 0.4) is 0 Å². The molecule has 0 aromatic heterocycles. The van der Waals surface area contributed by atoms with Crippen LogP contribution in [0.5, 0.6) is 0 Å². The third-order valence-electron chi connectivity index (χ3n) is 3.06. The van der Waals surface area contributed by atoms with Crippen molar-refractivity contribution in [3.05, 3.63) is 35.4 Å². The van der Waals surface area contributed by atoms with Crippen LogP contribution in [-0.2, 0) is 15.7 Å². The largest absolute Gasteiger partial charge is 0.457 e. The maximum atomic E-state index is 12.5. The van der Waals surface area contributed by atoms with Crippen molar-refractivity contribution in [3.63, 3.8) is 0 Å². The van der Waals surface area contributed by atoms with Crippen molar-refractivity contribution in [3.8, 4) is 6.07 Å². The van der Waals surface area contributed by atoms with Gasteiger partial charge in [-0.15, -0.1) is 0 Å². The zero-order valence-corrected chi connectivity index (χ0v) is 12.0. The van der Waals surface area contributed by atoms with Crippen LogP contribution in [0, 0.1) is 16.7 Å². The lowest BCUT2D eigenvalue weighted by atomic mass is 9.90. The van der Waals surface area contributed by atoms with E-state index in [2.05, 4.69) is 0 Å². The first-order valence-corrected chi connectivity index (χ1v) is 6.33. The molecule has 0 aliphatic carbocycles. The lowest BCUT2D eigenvalue weighted by Crippen LogP contribution is -2.27. The average molecular weight is 299 g/mol. The summed E-state index contributed by atoms with van der Waals surface area (Å²) in [7, 11) is 0. The van der Waals surface area contributed by atoms with E-state index in [1.165, 1.54) is 12.1 Å². The minimum Gasteiger partial charge on any atom is -0.457 e. The van der Waals surface area contributed by atoms with Gasteiger partial charge in [-0.05, 0) is 38.5 Å². The summed E-state index contributed by atoms with van der Waals surface area (Å²) >= 11 is 0. The number of carbonyl (C=O) groups excluding carboxylic acids is 1. The van der Waals surface area contributed by atoms with Crippen molar-refractivity contribution >= 4 is 5.97 Å². The minimum absolute atomic E-state index is 0.00552. The van der Waals surface area contributed by atoms with Gasteiger partial charge in [-0.2, -0.15) is 18.4 Å². The van der Waals surface area contributed by atoms with E-state index in [0.29, 0.717) is 5.56 Å². The summed E-state index contributed by atoms with van der Waals surface area (Å²) in [4.78, 5) is 11.9. The molecule has 1 rings (SSSR count). The molecule has 0 radical (unpaired) electrons. The van der Waals surface area contributed by atoms with E-state index >= 15 is 0 Å². The van der Waals surface area contributed by atoms with Crippen molar-refractivity contribution in [2.45, 2.75) is 39.5 Å². The highest BCUT2D eigenvalue weighted by Crippen LogP contribution is 2.31. The molecule has 0 fully saturated rings. The number of nitrogens with zero attached hydrogens (tertiary/aromatic N) is 1. The van der Waals surface area contributed by atoms with Gasteiger partial charge in [0, 0.05) is 0 Å². The van der Waals surface area contributed by atoms with Crippen LogP contribution in [0.25, 0.3) is 0 Å². The molecule has 0 spiro atoms. The maximum absolute atomic E-state index is 12.5. The normalized spacial score (nSPS) is 13.4. The lowest BCUT2D eigenvalue weighted by molar-refractivity contribution is -0.159. The molecule has 1 aromatic carbocycles. The molecule has 0 saturated heterocycles. The molecule has 6 heteroatoms. The number of hydrogen-bond acceptors (Lipinski definition) is 3. The van der Waals surface area contributed by atoms with Crippen LogP contribution in [0.1, 0.15) is 44.4 Å². The third-order valence-corrected chi connectivity index (χ3v) is 3.06. The number of benzene rings is 1. The van der Waals surface area contributed by atoms with E-state index in [1.807, 2.05) is 6.07 Å². The Labute approximate surface area is 121 Å². The van der Waals surface area contributed by atoms with Crippen LogP contribution in [-0.4, -0.2) is 5.97 Å². The number of alkyl halides is 3. The molecule has 114 valence electrons. The van der Waals surface area contributed by atoms with Gasteiger partial charge in [0.1, 0.15) is 6.10 Å². The summed E-state index contributed by atoms with van der Waals surface area (Å²) in [6.45, 7) is 4.74. The standard InChI is InChI=1S/C15H16F3NO2/c1-10(21-13(20)14(2,3)8-9-19)11-4-6-12(7-5-11)15(16,17)18/h4-7,10H,8H2,1-3H3/t10-/m1/s1. The molecule has 21 heavy (non-hydrogen) atoms. The molecular formula is C15H16F3NO2. The molecule has 0 heterocycles. The number of ether oxygens (including phenoxy) is 1. The molecule has 1 aromatic rings. The number of nitriles is 1. The highest BCUT2D eigenvalue weighted by atomic mass is 19.4. The highest BCUT2D eigenvalue weighted by Gasteiger charge is 2.32. The Morgan fingerprint density at radius 3 is 2.24 bits per heavy atom. The van der Waals surface area contributed by atoms with E-state index in [1.54, 1.807) is 20.8 Å². The Morgan fingerprint density at radius 1 is 1.29 bits per heavy atom. The van der Waals surface area contributed by atoms with E-state index in [9.17, 15) is 18.0 Å². The number of halogens is 3. The second-order valence-electron chi connectivity index (χ2n) is 5.39. The summed E-state index contributed by atoms with van der Waals surface area (Å²) in [6.07, 6.45) is -5.07. The average Bonchev–Trinajstić information content (AvgIpc) is 2.37. The molecule has 0 bridgehead atoms. The first kappa shape index (κ1) is 17.0.